The topological polar surface area (TPSA) is 61.8 Å². The second-order valence-corrected chi connectivity index (χ2v) is 8.64. The molecule has 2 heterocycles. The quantitative estimate of drug-likeness (QED) is 0.296. The predicted octanol–water partition coefficient (Wildman–Crippen LogP) is 4.28. The standard InChI is InChI=1S/C22H33N5OS.HI/c1-5-23-22(25-15-21-16(2)26-17(3)29-21)24-14-20(27-11-6-7-12-27)18-9-8-10-19(13-18)28-4;/h8-10,13,20H,5-7,11-12,14-15H2,1-4H3,(H2,23,24,25);1H. The molecule has 1 atom stereocenters. The first-order valence-electron chi connectivity index (χ1n) is 10.4. The van der Waals surface area contributed by atoms with Crippen molar-refractivity contribution in [2.24, 2.45) is 4.99 Å². The fourth-order valence-electron chi connectivity index (χ4n) is 3.77. The number of ether oxygens (including phenoxy) is 1. The number of hydrogen-bond donors (Lipinski definition) is 2. The van der Waals surface area contributed by atoms with Crippen LogP contribution in [0.25, 0.3) is 0 Å². The van der Waals surface area contributed by atoms with Gasteiger partial charge in [0.15, 0.2) is 5.96 Å². The van der Waals surface area contributed by atoms with E-state index < -0.39 is 0 Å². The number of hydrogen-bond acceptors (Lipinski definition) is 5. The summed E-state index contributed by atoms with van der Waals surface area (Å²) >= 11 is 1.72. The molecular formula is C22H34IN5OS. The number of aliphatic imine (C=N–C) groups is 1. The first-order chi connectivity index (χ1) is 14.1. The van der Waals surface area contributed by atoms with E-state index in [-0.39, 0.29) is 24.0 Å². The van der Waals surface area contributed by atoms with Crippen LogP contribution in [0.5, 0.6) is 5.75 Å². The van der Waals surface area contributed by atoms with E-state index in [1.807, 2.05) is 13.0 Å². The molecule has 1 aromatic heterocycles. The predicted molar refractivity (Wildman–Crippen MR) is 136 cm³/mol. The van der Waals surface area contributed by atoms with E-state index in [4.69, 9.17) is 9.73 Å². The van der Waals surface area contributed by atoms with E-state index in [9.17, 15) is 0 Å². The van der Waals surface area contributed by atoms with Gasteiger partial charge in [-0.25, -0.2) is 9.98 Å². The van der Waals surface area contributed by atoms with Gasteiger partial charge in [0.25, 0.3) is 0 Å². The van der Waals surface area contributed by atoms with Crippen LogP contribution in [-0.4, -0.2) is 49.1 Å². The molecule has 166 valence electrons. The van der Waals surface area contributed by atoms with Crippen LogP contribution in [0.15, 0.2) is 29.3 Å². The number of rotatable bonds is 8. The molecule has 0 radical (unpaired) electrons. The molecule has 2 N–H and O–H groups in total. The maximum atomic E-state index is 5.45. The zero-order chi connectivity index (χ0) is 20.6. The Bertz CT molecular complexity index is 820. The van der Waals surface area contributed by atoms with Crippen LogP contribution in [0.4, 0.5) is 0 Å². The fourth-order valence-corrected chi connectivity index (χ4v) is 4.63. The number of thiazole rings is 1. The van der Waals surface area contributed by atoms with Crippen molar-refractivity contribution in [3.05, 3.63) is 45.4 Å². The number of aromatic nitrogens is 1. The normalized spacial score (nSPS) is 15.5. The molecule has 2 aromatic rings. The molecule has 0 bridgehead atoms. The minimum absolute atomic E-state index is 0. The fraction of sp³-hybridized carbons (Fsp3) is 0.545. The summed E-state index contributed by atoms with van der Waals surface area (Å²) in [6, 6.07) is 8.72. The minimum atomic E-state index is 0. The number of likely N-dealkylation sites (tertiary alicyclic amines) is 1. The highest BCUT2D eigenvalue weighted by molar-refractivity contribution is 14.0. The number of guanidine groups is 1. The van der Waals surface area contributed by atoms with Gasteiger partial charge in [-0.1, -0.05) is 12.1 Å². The zero-order valence-electron chi connectivity index (χ0n) is 18.4. The van der Waals surface area contributed by atoms with Gasteiger partial charge >= 0.3 is 0 Å². The van der Waals surface area contributed by atoms with Gasteiger partial charge in [-0.2, -0.15) is 0 Å². The maximum absolute atomic E-state index is 5.45. The lowest BCUT2D eigenvalue weighted by atomic mass is 10.1. The molecular weight excluding hydrogens is 509 g/mol. The molecule has 30 heavy (non-hydrogen) atoms. The third-order valence-electron chi connectivity index (χ3n) is 5.25. The van der Waals surface area contributed by atoms with E-state index in [2.05, 4.69) is 52.6 Å². The van der Waals surface area contributed by atoms with Crippen LogP contribution in [0.1, 0.15) is 46.9 Å². The van der Waals surface area contributed by atoms with Crippen molar-refractivity contribution in [2.45, 2.75) is 46.2 Å². The van der Waals surface area contributed by atoms with Crippen LogP contribution in [0.2, 0.25) is 0 Å². The van der Waals surface area contributed by atoms with Crippen molar-refractivity contribution in [3.8, 4) is 5.75 Å². The summed E-state index contributed by atoms with van der Waals surface area (Å²) in [5.41, 5.74) is 2.36. The highest BCUT2D eigenvalue weighted by atomic mass is 127. The highest BCUT2D eigenvalue weighted by Crippen LogP contribution is 2.27. The van der Waals surface area contributed by atoms with Gasteiger partial charge in [0.05, 0.1) is 30.4 Å². The van der Waals surface area contributed by atoms with Gasteiger partial charge in [-0.05, 0) is 64.4 Å². The summed E-state index contributed by atoms with van der Waals surface area (Å²) in [7, 11) is 1.72. The average Bonchev–Trinajstić information content (AvgIpc) is 3.36. The Hall–Kier alpha value is -1.39. The molecule has 0 spiro atoms. The highest BCUT2D eigenvalue weighted by Gasteiger charge is 2.24. The van der Waals surface area contributed by atoms with Gasteiger partial charge in [0.1, 0.15) is 5.75 Å². The molecule has 0 aliphatic carbocycles. The third-order valence-corrected chi connectivity index (χ3v) is 6.31. The Morgan fingerprint density at radius 2 is 2.03 bits per heavy atom. The van der Waals surface area contributed by atoms with Crippen molar-refractivity contribution in [1.82, 2.24) is 20.5 Å². The average molecular weight is 544 g/mol. The van der Waals surface area contributed by atoms with Crippen LogP contribution < -0.4 is 15.4 Å². The number of benzene rings is 1. The molecule has 1 saturated heterocycles. The summed E-state index contributed by atoms with van der Waals surface area (Å²) in [5.74, 6) is 1.76. The van der Waals surface area contributed by atoms with Crippen LogP contribution in [0.3, 0.4) is 0 Å². The smallest absolute Gasteiger partial charge is 0.191 e. The second-order valence-electron chi connectivity index (χ2n) is 7.35. The lowest BCUT2D eigenvalue weighted by Crippen LogP contribution is -2.42. The number of nitrogens with one attached hydrogen (secondary N) is 2. The van der Waals surface area contributed by atoms with Crippen molar-refractivity contribution in [1.29, 1.82) is 0 Å². The molecule has 1 unspecified atom stereocenters. The molecule has 1 aromatic carbocycles. The van der Waals surface area contributed by atoms with Gasteiger partial charge in [-0.3, -0.25) is 4.90 Å². The Morgan fingerprint density at radius 1 is 1.27 bits per heavy atom. The van der Waals surface area contributed by atoms with Crippen LogP contribution in [-0.2, 0) is 6.54 Å². The Labute approximate surface area is 201 Å². The number of methoxy groups -OCH3 is 1. The molecule has 0 amide bonds. The number of halogens is 1. The largest absolute Gasteiger partial charge is 0.497 e. The Balaban J connectivity index is 0.00000320. The molecule has 6 nitrogen and oxygen atoms in total. The summed E-state index contributed by atoms with van der Waals surface area (Å²) < 4.78 is 5.45. The van der Waals surface area contributed by atoms with Gasteiger partial charge in [0.2, 0.25) is 0 Å². The van der Waals surface area contributed by atoms with E-state index in [1.165, 1.54) is 23.3 Å². The molecule has 1 aliphatic heterocycles. The molecule has 8 heteroatoms. The summed E-state index contributed by atoms with van der Waals surface area (Å²) in [4.78, 5) is 13.1. The second kappa shape index (κ2) is 12.5. The third kappa shape index (κ3) is 6.81. The monoisotopic (exact) mass is 543 g/mol. The van der Waals surface area contributed by atoms with Crippen LogP contribution in [0, 0.1) is 13.8 Å². The lowest BCUT2D eigenvalue weighted by Gasteiger charge is -2.29. The Kier molecular flexibility index (Phi) is 10.3. The summed E-state index contributed by atoms with van der Waals surface area (Å²) in [6.07, 6.45) is 2.53. The van der Waals surface area contributed by atoms with Gasteiger partial charge < -0.3 is 15.4 Å². The van der Waals surface area contributed by atoms with E-state index >= 15 is 0 Å². The summed E-state index contributed by atoms with van der Waals surface area (Å²) in [5, 5.41) is 8.04. The van der Waals surface area contributed by atoms with Crippen molar-refractivity contribution >= 4 is 41.3 Å². The number of nitrogens with zero attached hydrogens (tertiary/aromatic N) is 3. The maximum Gasteiger partial charge on any atom is 0.191 e. The number of aryl methyl sites for hydroxylation is 2. The minimum Gasteiger partial charge on any atom is -0.497 e. The van der Waals surface area contributed by atoms with Crippen molar-refractivity contribution < 1.29 is 4.74 Å². The first kappa shape index (κ1) is 24.9. The van der Waals surface area contributed by atoms with Gasteiger partial charge in [-0.15, -0.1) is 35.3 Å². The van der Waals surface area contributed by atoms with Crippen LogP contribution >= 0.6 is 35.3 Å². The first-order valence-corrected chi connectivity index (χ1v) is 11.3. The lowest BCUT2D eigenvalue weighted by molar-refractivity contribution is 0.245. The molecule has 1 fully saturated rings. The van der Waals surface area contributed by atoms with E-state index in [0.717, 1.165) is 48.6 Å². The van der Waals surface area contributed by atoms with Crippen molar-refractivity contribution in [3.63, 3.8) is 0 Å². The summed E-state index contributed by atoms with van der Waals surface area (Å²) in [6.45, 7) is 10.8. The molecule has 3 rings (SSSR count). The SMILES string of the molecule is CCNC(=NCc1sc(C)nc1C)NCC(c1cccc(OC)c1)N1CCCC1.I. The Morgan fingerprint density at radius 3 is 2.67 bits per heavy atom. The zero-order valence-corrected chi connectivity index (χ0v) is 21.5. The van der Waals surface area contributed by atoms with E-state index in [1.54, 1.807) is 18.4 Å². The van der Waals surface area contributed by atoms with E-state index in [0.29, 0.717) is 12.6 Å². The van der Waals surface area contributed by atoms with Crippen molar-refractivity contribution in [2.75, 3.05) is 33.3 Å². The van der Waals surface area contributed by atoms with Gasteiger partial charge in [0, 0.05) is 18.0 Å². The molecule has 1 aliphatic rings. The molecule has 0 saturated carbocycles.